The molecule has 0 heterocycles. The first kappa shape index (κ1) is 28.3. The van der Waals surface area contributed by atoms with Crippen LogP contribution in [0.25, 0.3) is 0 Å². The molecule has 2 amide bonds. The molecule has 0 aliphatic rings. The summed E-state index contributed by atoms with van der Waals surface area (Å²) in [6.07, 6.45) is 2.55. The highest BCUT2D eigenvalue weighted by molar-refractivity contribution is 9.10. The van der Waals surface area contributed by atoms with Gasteiger partial charge < -0.3 is 20.1 Å². The Morgan fingerprint density at radius 1 is 0.943 bits per heavy atom. The Hall–Kier alpha value is -2.91. The van der Waals surface area contributed by atoms with Crippen molar-refractivity contribution in [3.05, 3.63) is 57.0 Å². The van der Waals surface area contributed by atoms with Crippen molar-refractivity contribution in [1.82, 2.24) is 0 Å². The lowest BCUT2D eigenvalue weighted by Crippen LogP contribution is -2.22. The number of carbonyl (C=O) groups excluding carboxylic acids is 4. The first-order chi connectivity index (χ1) is 16.7. The summed E-state index contributed by atoms with van der Waals surface area (Å²) in [4.78, 5) is 48.0. The summed E-state index contributed by atoms with van der Waals surface area (Å²) in [5.74, 6) is -2.01. The van der Waals surface area contributed by atoms with Crippen molar-refractivity contribution in [1.29, 1.82) is 0 Å². The van der Waals surface area contributed by atoms with Gasteiger partial charge in [-0.3, -0.25) is 14.4 Å². The maximum atomic E-state index is 12.1. The minimum absolute atomic E-state index is 0.122. The second kappa shape index (κ2) is 14.5. The fourth-order valence-electron chi connectivity index (χ4n) is 2.91. The molecule has 0 aliphatic carbocycles. The average Bonchev–Trinajstić information content (AvgIpc) is 2.83. The van der Waals surface area contributed by atoms with E-state index in [0.717, 1.165) is 24.8 Å². The second-order valence-corrected chi connectivity index (χ2v) is 9.02. The SMILES string of the molecule is CCCCCOC(=O)c1ccc(NC(=O)CCC(=O)OCC(=O)Nc2cc(Cl)c(Br)cc2C)cc1. The van der Waals surface area contributed by atoms with Crippen molar-refractivity contribution in [2.75, 3.05) is 23.8 Å². The van der Waals surface area contributed by atoms with Gasteiger partial charge in [-0.1, -0.05) is 31.4 Å². The first-order valence-electron chi connectivity index (χ1n) is 11.2. The number of carbonyl (C=O) groups is 4. The summed E-state index contributed by atoms with van der Waals surface area (Å²) in [7, 11) is 0. The van der Waals surface area contributed by atoms with Crippen LogP contribution in [0.4, 0.5) is 11.4 Å². The molecule has 2 aromatic carbocycles. The third-order valence-electron chi connectivity index (χ3n) is 4.85. The van der Waals surface area contributed by atoms with Gasteiger partial charge in [-0.15, -0.1) is 0 Å². The average molecular weight is 568 g/mol. The molecule has 8 nitrogen and oxygen atoms in total. The van der Waals surface area contributed by atoms with Gasteiger partial charge in [0.15, 0.2) is 6.61 Å². The van der Waals surface area contributed by atoms with Crippen molar-refractivity contribution in [2.45, 2.75) is 46.0 Å². The molecule has 0 radical (unpaired) electrons. The van der Waals surface area contributed by atoms with Gasteiger partial charge in [0.2, 0.25) is 5.91 Å². The van der Waals surface area contributed by atoms with E-state index in [1.165, 1.54) is 0 Å². The molecule has 0 fully saturated rings. The van der Waals surface area contributed by atoms with Gasteiger partial charge in [0.1, 0.15) is 0 Å². The van der Waals surface area contributed by atoms with E-state index in [1.807, 2.05) is 0 Å². The Bertz CT molecular complexity index is 1060. The van der Waals surface area contributed by atoms with E-state index in [0.29, 0.717) is 33.0 Å². The van der Waals surface area contributed by atoms with E-state index in [1.54, 1.807) is 43.3 Å². The standard InChI is InChI=1S/C25H28BrClN2O6/c1-3-4-5-12-34-25(33)17-6-8-18(9-7-17)28-22(30)10-11-24(32)35-15-23(31)29-21-14-20(27)19(26)13-16(21)2/h6-9,13-14H,3-5,10-12,15H2,1-2H3,(H,28,30)(H,29,31). The number of ether oxygens (including phenoxy) is 2. The summed E-state index contributed by atoms with van der Waals surface area (Å²) in [5, 5.41) is 5.71. The molecule has 0 saturated carbocycles. The van der Waals surface area contributed by atoms with E-state index >= 15 is 0 Å². The van der Waals surface area contributed by atoms with Crippen molar-refractivity contribution in [3.8, 4) is 0 Å². The van der Waals surface area contributed by atoms with Crippen molar-refractivity contribution < 1.29 is 28.7 Å². The number of anilines is 2. The molecule has 188 valence electrons. The van der Waals surface area contributed by atoms with Gasteiger partial charge in [0.05, 0.1) is 23.6 Å². The normalized spacial score (nSPS) is 10.4. The quantitative estimate of drug-likeness (QED) is 0.253. The number of hydrogen-bond acceptors (Lipinski definition) is 6. The number of benzene rings is 2. The Labute approximate surface area is 217 Å². The van der Waals surface area contributed by atoms with Gasteiger partial charge in [-0.2, -0.15) is 0 Å². The number of hydrogen-bond donors (Lipinski definition) is 2. The number of unbranched alkanes of at least 4 members (excludes halogenated alkanes) is 2. The maximum Gasteiger partial charge on any atom is 0.338 e. The van der Waals surface area contributed by atoms with Crippen LogP contribution in [0.3, 0.4) is 0 Å². The molecule has 2 N–H and O–H groups in total. The third kappa shape index (κ3) is 10.1. The fourth-order valence-corrected chi connectivity index (χ4v) is 3.54. The highest BCUT2D eigenvalue weighted by atomic mass is 79.9. The number of amides is 2. The van der Waals surface area contributed by atoms with E-state index < -0.39 is 30.4 Å². The zero-order chi connectivity index (χ0) is 25.8. The molecule has 0 atom stereocenters. The number of rotatable bonds is 12. The Morgan fingerprint density at radius 3 is 2.34 bits per heavy atom. The summed E-state index contributed by atoms with van der Waals surface area (Å²) in [6.45, 7) is 3.76. The van der Waals surface area contributed by atoms with Crippen molar-refractivity contribution >= 4 is 62.7 Å². The van der Waals surface area contributed by atoms with E-state index in [9.17, 15) is 19.2 Å². The Morgan fingerprint density at radius 2 is 1.66 bits per heavy atom. The fraction of sp³-hybridized carbons (Fsp3) is 0.360. The minimum Gasteiger partial charge on any atom is -0.462 e. The summed E-state index contributed by atoms with van der Waals surface area (Å²) < 4.78 is 10.8. The monoisotopic (exact) mass is 566 g/mol. The van der Waals surface area contributed by atoms with Gasteiger partial charge in [0, 0.05) is 22.3 Å². The topological polar surface area (TPSA) is 111 Å². The molecule has 35 heavy (non-hydrogen) atoms. The van der Waals surface area contributed by atoms with Crippen molar-refractivity contribution in [3.63, 3.8) is 0 Å². The molecule has 0 aromatic heterocycles. The van der Waals surface area contributed by atoms with E-state index in [-0.39, 0.29) is 12.8 Å². The molecular weight excluding hydrogens is 540 g/mol. The van der Waals surface area contributed by atoms with E-state index in [2.05, 4.69) is 33.5 Å². The third-order valence-corrected chi connectivity index (χ3v) is 6.04. The van der Waals surface area contributed by atoms with Crippen LogP contribution in [0.1, 0.15) is 54.9 Å². The Balaban J connectivity index is 1.70. The zero-order valence-electron chi connectivity index (χ0n) is 19.6. The molecule has 0 unspecified atom stereocenters. The molecule has 0 bridgehead atoms. The van der Waals surface area contributed by atoms with Crippen LogP contribution >= 0.6 is 27.5 Å². The first-order valence-corrected chi connectivity index (χ1v) is 12.3. The van der Waals surface area contributed by atoms with Crippen LogP contribution in [0.15, 0.2) is 40.9 Å². The number of halogens is 2. The van der Waals surface area contributed by atoms with Crippen LogP contribution in [0.5, 0.6) is 0 Å². The smallest absolute Gasteiger partial charge is 0.338 e. The highest BCUT2D eigenvalue weighted by Gasteiger charge is 2.13. The summed E-state index contributed by atoms with van der Waals surface area (Å²) in [5.41, 5.74) is 2.17. The zero-order valence-corrected chi connectivity index (χ0v) is 22.0. The molecular formula is C25H28BrClN2O6. The number of aryl methyl sites for hydroxylation is 1. The maximum absolute atomic E-state index is 12.1. The largest absolute Gasteiger partial charge is 0.462 e. The van der Waals surface area contributed by atoms with Gasteiger partial charge >= 0.3 is 11.9 Å². The lowest BCUT2D eigenvalue weighted by atomic mass is 10.2. The molecule has 10 heteroatoms. The van der Waals surface area contributed by atoms with Crippen molar-refractivity contribution in [2.24, 2.45) is 0 Å². The minimum atomic E-state index is -0.679. The predicted octanol–water partition coefficient (Wildman–Crippen LogP) is 5.66. The lowest BCUT2D eigenvalue weighted by molar-refractivity contribution is -0.147. The van der Waals surface area contributed by atoms with E-state index in [4.69, 9.17) is 21.1 Å². The van der Waals surface area contributed by atoms with Crippen LogP contribution in [-0.2, 0) is 23.9 Å². The Kier molecular flexibility index (Phi) is 11.7. The molecule has 0 saturated heterocycles. The van der Waals surface area contributed by atoms with Crippen LogP contribution in [0, 0.1) is 6.92 Å². The second-order valence-electron chi connectivity index (χ2n) is 7.76. The number of esters is 2. The van der Waals surface area contributed by atoms with Gasteiger partial charge in [-0.05, 0) is 71.2 Å². The van der Waals surface area contributed by atoms with Crippen LogP contribution < -0.4 is 10.6 Å². The van der Waals surface area contributed by atoms with Gasteiger partial charge in [-0.25, -0.2) is 4.79 Å². The molecule has 0 spiro atoms. The van der Waals surface area contributed by atoms with Gasteiger partial charge in [0.25, 0.3) is 5.91 Å². The van der Waals surface area contributed by atoms with Crippen LogP contribution in [-0.4, -0.2) is 37.0 Å². The summed E-state index contributed by atoms with van der Waals surface area (Å²) >= 11 is 9.33. The summed E-state index contributed by atoms with van der Waals surface area (Å²) in [6, 6.07) is 9.64. The highest BCUT2D eigenvalue weighted by Crippen LogP contribution is 2.28. The molecule has 2 rings (SSSR count). The molecule has 0 aliphatic heterocycles. The van der Waals surface area contributed by atoms with Crippen LogP contribution in [0.2, 0.25) is 5.02 Å². The predicted molar refractivity (Wildman–Crippen MR) is 138 cm³/mol. The molecule has 2 aromatic rings. The lowest BCUT2D eigenvalue weighted by Gasteiger charge is -2.10. The number of nitrogens with one attached hydrogen (secondary N) is 2.